The Labute approximate surface area is 134 Å². The number of anilines is 1. The number of hydrogen-bond acceptors (Lipinski definition) is 5. The van der Waals surface area contributed by atoms with Gasteiger partial charge < -0.3 is 16.2 Å². The monoisotopic (exact) mass is 337 g/mol. The lowest BCUT2D eigenvalue weighted by molar-refractivity contribution is -0.384. The zero-order valence-electron chi connectivity index (χ0n) is 12.3. The highest BCUT2D eigenvalue weighted by Crippen LogP contribution is 2.26. The predicted molar refractivity (Wildman–Crippen MR) is 81.0 cm³/mol. The first kappa shape index (κ1) is 17.3. The van der Waals surface area contributed by atoms with Gasteiger partial charge in [-0.05, 0) is 23.8 Å². The first-order chi connectivity index (χ1) is 11.3. The lowest BCUT2D eigenvalue weighted by Gasteiger charge is -2.09. The minimum absolute atomic E-state index is 0.0580. The van der Waals surface area contributed by atoms with Crippen LogP contribution in [0.25, 0.3) is 0 Å². The summed E-state index contributed by atoms with van der Waals surface area (Å²) < 4.78 is 26.7. The van der Waals surface area contributed by atoms with E-state index in [4.69, 9.17) is 10.8 Å². The molecule has 0 saturated heterocycles. The fourth-order valence-corrected chi connectivity index (χ4v) is 2.08. The van der Waals surface area contributed by atoms with Gasteiger partial charge in [-0.3, -0.25) is 14.9 Å². The van der Waals surface area contributed by atoms with E-state index in [2.05, 4.69) is 5.32 Å². The van der Waals surface area contributed by atoms with Gasteiger partial charge in [0.1, 0.15) is 17.3 Å². The van der Waals surface area contributed by atoms with Crippen molar-refractivity contribution >= 4 is 17.3 Å². The van der Waals surface area contributed by atoms with Gasteiger partial charge >= 0.3 is 0 Å². The van der Waals surface area contributed by atoms with E-state index in [1.807, 2.05) is 0 Å². The van der Waals surface area contributed by atoms with Crippen LogP contribution in [0.15, 0.2) is 30.3 Å². The van der Waals surface area contributed by atoms with Gasteiger partial charge in [-0.15, -0.1) is 0 Å². The molecule has 2 rings (SSSR count). The summed E-state index contributed by atoms with van der Waals surface area (Å²) >= 11 is 0. The minimum atomic E-state index is -0.967. The minimum Gasteiger partial charge on any atom is -0.393 e. The van der Waals surface area contributed by atoms with Crippen molar-refractivity contribution in [1.82, 2.24) is 5.32 Å². The van der Waals surface area contributed by atoms with Gasteiger partial charge in [0, 0.05) is 12.1 Å². The van der Waals surface area contributed by atoms with Crippen LogP contribution in [-0.2, 0) is 13.2 Å². The number of aliphatic hydroxyl groups excluding tert-OH is 1. The van der Waals surface area contributed by atoms with Crippen molar-refractivity contribution in [3.05, 3.63) is 68.8 Å². The third-order valence-electron chi connectivity index (χ3n) is 3.30. The maximum absolute atomic E-state index is 13.4. The molecule has 0 spiro atoms. The zero-order valence-corrected chi connectivity index (χ0v) is 12.3. The SMILES string of the molecule is Nc1c(C(=O)NCc2ccc(F)c(CO)c2)cc(F)cc1[N+](=O)[O-]. The number of aliphatic hydroxyl groups is 1. The number of amides is 1. The summed E-state index contributed by atoms with van der Waals surface area (Å²) in [6.45, 7) is -0.563. The van der Waals surface area contributed by atoms with Crippen LogP contribution in [0, 0.1) is 21.7 Å². The molecule has 9 heteroatoms. The highest BCUT2D eigenvalue weighted by atomic mass is 19.1. The van der Waals surface area contributed by atoms with Crippen molar-refractivity contribution in [1.29, 1.82) is 0 Å². The van der Waals surface area contributed by atoms with Crippen LogP contribution in [0.4, 0.5) is 20.2 Å². The number of halogens is 2. The molecule has 0 fully saturated rings. The Morgan fingerprint density at radius 1 is 1.29 bits per heavy atom. The van der Waals surface area contributed by atoms with Gasteiger partial charge in [0.25, 0.3) is 11.6 Å². The van der Waals surface area contributed by atoms with Crippen LogP contribution < -0.4 is 11.1 Å². The Bertz CT molecular complexity index is 812. The van der Waals surface area contributed by atoms with Crippen LogP contribution in [0.5, 0.6) is 0 Å². The van der Waals surface area contributed by atoms with Crippen molar-refractivity contribution in [2.24, 2.45) is 0 Å². The number of nitrogen functional groups attached to an aromatic ring is 1. The Morgan fingerprint density at radius 2 is 2.00 bits per heavy atom. The summed E-state index contributed by atoms with van der Waals surface area (Å²) in [6.07, 6.45) is 0. The van der Waals surface area contributed by atoms with Crippen LogP contribution in [-0.4, -0.2) is 15.9 Å². The van der Waals surface area contributed by atoms with Crippen molar-refractivity contribution in [2.75, 3.05) is 5.73 Å². The summed E-state index contributed by atoms with van der Waals surface area (Å²) in [5.74, 6) is -2.37. The van der Waals surface area contributed by atoms with E-state index in [0.717, 1.165) is 12.1 Å². The van der Waals surface area contributed by atoms with E-state index in [9.17, 15) is 23.7 Å². The molecule has 0 saturated carbocycles. The predicted octanol–water partition coefficient (Wildman–Crippen LogP) is 1.88. The molecule has 0 bridgehead atoms. The summed E-state index contributed by atoms with van der Waals surface area (Å²) in [6, 6.07) is 5.30. The lowest BCUT2D eigenvalue weighted by Crippen LogP contribution is -2.24. The quantitative estimate of drug-likeness (QED) is 0.437. The molecule has 0 atom stereocenters. The average molecular weight is 337 g/mol. The molecular formula is C15H13F2N3O4. The average Bonchev–Trinajstić information content (AvgIpc) is 2.55. The highest BCUT2D eigenvalue weighted by molar-refractivity contribution is 6.01. The Kier molecular flexibility index (Phi) is 5.05. The van der Waals surface area contributed by atoms with Crippen molar-refractivity contribution < 1.29 is 23.6 Å². The van der Waals surface area contributed by atoms with Crippen molar-refractivity contribution in [3.63, 3.8) is 0 Å². The molecule has 0 radical (unpaired) electrons. The van der Waals surface area contributed by atoms with Crippen LogP contribution in [0.1, 0.15) is 21.5 Å². The summed E-state index contributed by atoms with van der Waals surface area (Å²) in [4.78, 5) is 22.0. The Hall–Kier alpha value is -3.07. The Balaban J connectivity index is 2.20. The number of nitrogens with one attached hydrogen (secondary N) is 1. The highest BCUT2D eigenvalue weighted by Gasteiger charge is 2.21. The maximum Gasteiger partial charge on any atom is 0.295 e. The maximum atomic E-state index is 13.4. The van der Waals surface area contributed by atoms with Crippen molar-refractivity contribution in [2.45, 2.75) is 13.2 Å². The van der Waals surface area contributed by atoms with E-state index >= 15 is 0 Å². The third kappa shape index (κ3) is 3.63. The standard InChI is InChI=1S/C15H13F2N3O4/c16-10-4-11(14(18)13(5-10)20(23)24)15(22)19-6-8-1-2-12(17)9(3-8)7-21/h1-5,21H,6-7,18H2,(H,19,22). The third-order valence-corrected chi connectivity index (χ3v) is 3.30. The second-order valence-corrected chi connectivity index (χ2v) is 4.91. The van der Waals surface area contributed by atoms with Gasteiger partial charge in [0.15, 0.2) is 0 Å². The molecule has 0 aromatic heterocycles. The molecule has 0 aliphatic carbocycles. The van der Waals surface area contributed by atoms with Gasteiger partial charge in [0.2, 0.25) is 0 Å². The molecule has 24 heavy (non-hydrogen) atoms. The molecule has 2 aromatic rings. The summed E-state index contributed by atoms with van der Waals surface area (Å²) in [5, 5.41) is 22.2. The first-order valence-electron chi connectivity index (χ1n) is 6.73. The van der Waals surface area contributed by atoms with E-state index < -0.39 is 40.4 Å². The van der Waals surface area contributed by atoms with E-state index in [0.29, 0.717) is 11.6 Å². The van der Waals surface area contributed by atoms with Crippen LogP contribution in [0.2, 0.25) is 0 Å². The fraction of sp³-hybridized carbons (Fsp3) is 0.133. The zero-order chi connectivity index (χ0) is 17.9. The normalized spacial score (nSPS) is 10.5. The topological polar surface area (TPSA) is 118 Å². The molecule has 2 aromatic carbocycles. The van der Waals surface area contributed by atoms with Gasteiger partial charge in [0.05, 0.1) is 23.2 Å². The van der Waals surface area contributed by atoms with Crippen molar-refractivity contribution in [3.8, 4) is 0 Å². The number of hydrogen-bond donors (Lipinski definition) is 3. The fourth-order valence-electron chi connectivity index (χ4n) is 2.08. The number of benzene rings is 2. The number of rotatable bonds is 5. The van der Waals surface area contributed by atoms with E-state index in [1.54, 1.807) is 0 Å². The molecule has 0 heterocycles. The summed E-state index contributed by atoms with van der Waals surface area (Å²) in [7, 11) is 0. The van der Waals surface area contributed by atoms with Crippen LogP contribution in [0.3, 0.4) is 0 Å². The smallest absolute Gasteiger partial charge is 0.295 e. The van der Waals surface area contributed by atoms with E-state index in [-0.39, 0.29) is 17.7 Å². The largest absolute Gasteiger partial charge is 0.393 e. The molecule has 4 N–H and O–H groups in total. The van der Waals surface area contributed by atoms with Crippen LogP contribution >= 0.6 is 0 Å². The van der Waals surface area contributed by atoms with Gasteiger partial charge in [-0.25, -0.2) is 8.78 Å². The summed E-state index contributed by atoms with van der Waals surface area (Å²) in [5.41, 5.74) is 4.56. The second-order valence-electron chi connectivity index (χ2n) is 4.91. The first-order valence-corrected chi connectivity index (χ1v) is 6.73. The lowest BCUT2D eigenvalue weighted by atomic mass is 10.1. The number of carbonyl (C=O) groups is 1. The second kappa shape index (κ2) is 7.01. The van der Waals surface area contributed by atoms with Gasteiger partial charge in [-0.1, -0.05) is 6.07 Å². The number of nitro benzene ring substituents is 1. The number of nitrogens with zero attached hydrogens (tertiary/aromatic N) is 1. The van der Waals surface area contributed by atoms with E-state index in [1.165, 1.54) is 12.1 Å². The molecule has 0 unspecified atom stereocenters. The number of carbonyl (C=O) groups excluding carboxylic acids is 1. The molecule has 7 nitrogen and oxygen atoms in total. The number of nitro groups is 1. The van der Waals surface area contributed by atoms with Gasteiger partial charge in [-0.2, -0.15) is 0 Å². The molecule has 126 valence electrons. The number of nitrogens with two attached hydrogens (primary N) is 1. The molecule has 1 amide bonds. The molecule has 0 aliphatic rings. The molecule has 0 aliphatic heterocycles. The Morgan fingerprint density at radius 3 is 2.62 bits per heavy atom. The molecular weight excluding hydrogens is 324 g/mol.